The van der Waals surface area contributed by atoms with Gasteiger partial charge in [0.1, 0.15) is 12.6 Å². The van der Waals surface area contributed by atoms with Crippen LogP contribution in [-0.2, 0) is 43.5 Å². The van der Waals surface area contributed by atoms with Crippen molar-refractivity contribution in [1.29, 1.82) is 0 Å². The zero-order chi connectivity index (χ0) is 47.5. The average Bonchev–Trinajstić information content (AvgIpc) is 4.06. The number of nitrogens with zero attached hydrogens (tertiary/aromatic N) is 4. The number of nitrogens with one attached hydrogen (secondary N) is 5. The molecule has 3 aliphatic heterocycles. The van der Waals surface area contributed by atoms with Crippen LogP contribution in [0.15, 0.2) is 66.2 Å². The van der Waals surface area contributed by atoms with Gasteiger partial charge in [-0.3, -0.25) is 43.8 Å². The first-order valence-corrected chi connectivity index (χ1v) is 24.2. The topological polar surface area (TPSA) is 274 Å². The minimum absolute atomic E-state index is 0.0471. The lowest BCUT2D eigenvalue weighted by Gasteiger charge is -2.27. The maximum Gasteiger partial charge on any atom is 0.262 e. The van der Waals surface area contributed by atoms with E-state index in [1.54, 1.807) is 24.4 Å². The summed E-state index contributed by atoms with van der Waals surface area (Å²) in [5.41, 5.74) is 4.14. The highest BCUT2D eigenvalue weighted by Crippen LogP contribution is 2.31. The van der Waals surface area contributed by atoms with Crippen molar-refractivity contribution < 1.29 is 56.2 Å². The summed E-state index contributed by atoms with van der Waals surface area (Å²) in [4.78, 5) is 96.9. The molecule has 2 aromatic carbocycles. The molecular formula is C44H49N9O12S2. The molecule has 7 amide bonds. The minimum Gasteiger partial charge on any atom is -0.476 e. The van der Waals surface area contributed by atoms with Gasteiger partial charge in [-0.1, -0.05) is 18.2 Å². The second kappa shape index (κ2) is 22.2. The summed E-state index contributed by atoms with van der Waals surface area (Å²) in [6.07, 6.45) is 3.40. The molecule has 2 atom stereocenters. The molecule has 5 heterocycles. The Morgan fingerprint density at radius 3 is 2.42 bits per heavy atom. The number of hydrogen-bond donors (Lipinski definition) is 5. The molecule has 2 aromatic heterocycles. The number of piperidine rings is 1. The molecule has 0 radical (unpaired) electrons. The fourth-order valence-corrected chi connectivity index (χ4v) is 9.10. The van der Waals surface area contributed by atoms with Gasteiger partial charge in [0.2, 0.25) is 45.4 Å². The van der Waals surface area contributed by atoms with E-state index in [4.69, 9.17) is 14.2 Å². The normalized spacial score (nSPS) is 17.2. The molecule has 67 heavy (non-hydrogen) atoms. The standard InChI is InChI=1S/C44H49N9O12S2/c1-67(61,62)52-15-10-30(25-52)40(57)48-24-38(56)51-44-49-34(26-66-44)29-4-2-3-27(21-29)28-9-12-47-39(22-28)65-18-14-46-36(54)11-16-63-19-20-64-17-13-45-31-5-6-32-33(23-31)43(60)53(42(32)59)35-7-8-37(55)50-41(35)58/h2-6,9,12,21-23,26,30,35,45H,7-8,10-11,13-20,24-25H2,1H3,(H,46,54)(H,48,57)(H,49,51,56)(H,50,55,58). The number of benzene rings is 2. The number of amides is 7. The van der Waals surface area contributed by atoms with Gasteiger partial charge in [0.15, 0.2) is 5.13 Å². The molecular weight excluding hydrogens is 911 g/mol. The summed E-state index contributed by atoms with van der Waals surface area (Å²) < 4.78 is 41.7. The number of aromatic nitrogens is 2. The highest BCUT2D eigenvalue weighted by Gasteiger charge is 2.44. The van der Waals surface area contributed by atoms with E-state index in [0.717, 1.165) is 27.8 Å². The Morgan fingerprint density at radius 2 is 1.63 bits per heavy atom. The quantitative estimate of drug-likeness (QED) is 0.0554. The Balaban J connectivity index is 0.741. The Bertz CT molecular complexity index is 2640. The third-order valence-corrected chi connectivity index (χ3v) is 13.0. The summed E-state index contributed by atoms with van der Waals surface area (Å²) in [5.74, 6) is -3.42. The Morgan fingerprint density at radius 1 is 0.851 bits per heavy atom. The number of thiazole rings is 1. The van der Waals surface area contributed by atoms with Gasteiger partial charge in [-0.2, -0.15) is 0 Å². The zero-order valence-electron chi connectivity index (χ0n) is 36.4. The summed E-state index contributed by atoms with van der Waals surface area (Å²) in [5, 5.41) is 15.6. The van der Waals surface area contributed by atoms with Crippen LogP contribution in [0.1, 0.15) is 46.4 Å². The first-order chi connectivity index (χ1) is 32.2. The fourth-order valence-electron chi connectivity index (χ4n) is 7.48. The molecule has 23 heteroatoms. The third-order valence-electron chi connectivity index (χ3n) is 10.9. The van der Waals surface area contributed by atoms with Crippen molar-refractivity contribution in [3.8, 4) is 28.3 Å². The van der Waals surface area contributed by atoms with E-state index in [2.05, 4.69) is 36.6 Å². The molecule has 4 aromatic rings. The number of carbonyl (C=O) groups excluding carboxylic acids is 7. The number of imide groups is 2. The molecule has 3 aliphatic rings. The van der Waals surface area contributed by atoms with E-state index in [1.807, 2.05) is 35.7 Å². The van der Waals surface area contributed by atoms with E-state index in [-0.39, 0.29) is 88.2 Å². The van der Waals surface area contributed by atoms with E-state index >= 15 is 0 Å². The monoisotopic (exact) mass is 959 g/mol. The van der Waals surface area contributed by atoms with Gasteiger partial charge in [-0.05, 0) is 54.3 Å². The second-order valence-electron chi connectivity index (χ2n) is 15.7. The Hall–Kier alpha value is -6.66. The number of carbonyl (C=O) groups is 7. The Kier molecular flexibility index (Phi) is 16.0. The van der Waals surface area contributed by atoms with Crippen LogP contribution in [0.2, 0.25) is 0 Å². The highest BCUT2D eigenvalue weighted by molar-refractivity contribution is 7.88. The SMILES string of the molecule is CS(=O)(=O)N1CCC(C(=O)NCC(=O)Nc2nc(-c3cccc(-c4ccnc(OCCNC(=O)CCOCCOCCNc5ccc6c(c5)C(=O)N(C5CCC(=O)NC5=O)C6=O)c4)c3)cs2)C1. The van der Waals surface area contributed by atoms with Crippen LogP contribution >= 0.6 is 11.3 Å². The van der Waals surface area contributed by atoms with Crippen LogP contribution in [0.3, 0.4) is 0 Å². The molecule has 0 bridgehead atoms. The van der Waals surface area contributed by atoms with Crippen molar-refractivity contribution >= 4 is 73.5 Å². The highest BCUT2D eigenvalue weighted by atomic mass is 32.2. The van der Waals surface area contributed by atoms with Crippen LogP contribution in [0.25, 0.3) is 22.4 Å². The molecule has 0 aliphatic carbocycles. The summed E-state index contributed by atoms with van der Waals surface area (Å²) in [6.45, 7) is 2.02. The van der Waals surface area contributed by atoms with E-state index < -0.39 is 51.5 Å². The number of fused-ring (bicyclic) bond motifs is 1. The van der Waals surface area contributed by atoms with Crippen molar-refractivity contribution in [1.82, 2.24) is 35.1 Å². The molecule has 0 spiro atoms. The second-order valence-corrected chi connectivity index (χ2v) is 18.5. The number of anilines is 2. The first-order valence-electron chi connectivity index (χ1n) is 21.4. The van der Waals surface area contributed by atoms with Gasteiger partial charge in [-0.15, -0.1) is 11.3 Å². The van der Waals surface area contributed by atoms with Gasteiger partial charge in [-0.25, -0.2) is 22.7 Å². The van der Waals surface area contributed by atoms with E-state index in [1.165, 1.54) is 21.7 Å². The third kappa shape index (κ3) is 12.8. The summed E-state index contributed by atoms with van der Waals surface area (Å²) in [6, 6.07) is 15.0. The van der Waals surface area contributed by atoms with Gasteiger partial charge >= 0.3 is 0 Å². The lowest BCUT2D eigenvalue weighted by atomic mass is 10.0. The largest absolute Gasteiger partial charge is 0.476 e. The maximum absolute atomic E-state index is 13.0. The predicted molar refractivity (Wildman–Crippen MR) is 243 cm³/mol. The van der Waals surface area contributed by atoms with Gasteiger partial charge in [0, 0.05) is 61.4 Å². The average molecular weight is 960 g/mol. The molecule has 354 valence electrons. The first kappa shape index (κ1) is 48.3. The molecule has 21 nitrogen and oxygen atoms in total. The summed E-state index contributed by atoms with van der Waals surface area (Å²) >= 11 is 1.24. The minimum atomic E-state index is -3.38. The van der Waals surface area contributed by atoms with Crippen molar-refractivity contribution in [2.24, 2.45) is 5.92 Å². The van der Waals surface area contributed by atoms with Gasteiger partial charge in [0.05, 0.1) is 68.5 Å². The zero-order valence-corrected chi connectivity index (χ0v) is 38.0. The molecule has 2 unspecified atom stereocenters. The van der Waals surface area contributed by atoms with Gasteiger partial charge in [0.25, 0.3) is 11.8 Å². The van der Waals surface area contributed by atoms with Crippen molar-refractivity contribution in [2.75, 3.05) is 82.6 Å². The summed E-state index contributed by atoms with van der Waals surface area (Å²) in [7, 11) is -3.38. The van der Waals surface area contributed by atoms with Crippen molar-refractivity contribution in [3.63, 3.8) is 0 Å². The van der Waals surface area contributed by atoms with Crippen LogP contribution in [0.4, 0.5) is 10.8 Å². The van der Waals surface area contributed by atoms with Crippen molar-refractivity contribution in [3.05, 3.63) is 77.3 Å². The van der Waals surface area contributed by atoms with Crippen molar-refractivity contribution in [2.45, 2.75) is 31.7 Å². The number of rotatable bonds is 22. The van der Waals surface area contributed by atoms with Gasteiger partial charge < -0.3 is 35.5 Å². The number of pyridine rings is 1. The van der Waals surface area contributed by atoms with E-state index in [9.17, 15) is 42.0 Å². The fraction of sp³-hybridized carbons (Fsp3) is 0.386. The van der Waals surface area contributed by atoms with Crippen LogP contribution in [0.5, 0.6) is 5.88 Å². The molecule has 2 fully saturated rings. The van der Waals surface area contributed by atoms with Crippen LogP contribution < -0.4 is 31.3 Å². The number of ether oxygens (including phenoxy) is 3. The molecule has 5 N–H and O–H groups in total. The molecule has 2 saturated heterocycles. The molecule has 0 saturated carbocycles. The smallest absolute Gasteiger partial charge is 0.262 e. The van der Waals surface area contributed by atoms with E-state index in [0.29, 0.717) is 48.6 Å². The number of hydrogen-bond acceptors (Lipinski definition) is 16. The lowest BCUT2D eigenvalue weighted by Crippen LogP contribution is -2.54. The number of sulfonamides is 1. The predicted octanol–water partition coefficient (Wildman–Crippen LogP) is 1.64. The lowest BCUT2D eigenvalue weighted by molar-refractivity contribution is -0.136. The molecule has 7 rings (SSSR count). The Labute approximate surface area is 389 Å². The van der Waals surface area contributed by atoms with Crippen LogP contribution in [0, 0.1) is 5.92 Å². The van der Waals surface area contributed by atoms with Crippen LogP contribution in [-0.4, -0.2) is 147 Å². The maximum atomic E-state index is 13.0.